The number of hydrogen-bond acceptors (Lipinski definition) is 5. The summed E-state index contributed by atoms with van der Waals surface area (Å²) in [6.45, 7) is 7.15. The molecule has 2 fully saturated rings. The molecule has 0 bridgehead atoms. The van der Waals surface area contributed by atoms with Crippen molar-refractivity contribution in [3.05, 3.63) is 29.8 Å². The second kappa shape index (κ2) is 10.0. The van der Waals surface area contributed by atoms with Crippen molar-refractivity contribution >= 4 is 21.7 Å². The van der Waals surface area contributed by atoms with E-state index in [1.165, 1.54) is 36.2 Å². The number of nitrogens with zero attached hydrogens (tertiary/aromatic N) is 2. The fourth-order valence-corrected chi connectivity index (χ4v) is 5.84. The lowest BCUT2D eigenvalue weighted by Gasteiger charge is -2.31. The van der Waals surface area contributed by atoms with Gasteiger partial charge in [-0.3, -0.25) is 14.5 Å². The summed E-state index contributed by atoms with van der Waals surface area (Å²) < 4.78 is 27.2. The number of carbonyl (C=O) groups excluding carboxylic acids is 2. The zero-order chi connectivity index (χ0) is 21.7. The first-order valence-electron chi connectivity index (χ1n) is 11.0. The Kier molecular flexibility index (Phi) is 7.65. The Bertz CT molecular complexity index is 840. The number of ketones is 1. The molecule has 1 atom stereocenters. The van der Waals surface area contributed by atoms with Crippen molar-refractivity contribution in [3.8, 4) is 0 Å². The van der Waals surface area contributed by atoms with Crippen molar-refractivity contribution < 1.29 is 18.0 Å². The first-order chi connectivity index (χ1) is 14.3. The molecule has 2 aliphatic heterocycles. The molecule has 0 aromatic heterocycles. The van der Waals surface area contributed by atoms with Crippen LogP contribution >= 0.6 is 0 Å². The lowest BCUT2D eigenvalue weighted by atomic mass is 9.97. The average Bonchev–Trinajstić information content (AvgIpc) is 3.29. The maximum atomic E-state index is 12.9. The molecule has 30 heavy (non-hydrogen) atoms. The van der Waals surface area contributed by atoms with Crippen LogP contribution in [0.25, 0.3) is 0 Å². The van der Waals surface area contributed by atoms with Crippen LogP contribution in [0.4, 0.5) is 0 Å². The molecule has 0 saturated carbocycles. The van der Waals surface area contributed by atoms with Crippen molar-refractivity contribution in [2.24, 2.45) is 5.92 Å². The van der Waals surface area contributed by atoms with Gasteiger partial charge in [-0.2, -0.15) is 4.31 Å². The molecule has 7 nitrogen and oxygen atoms in total. The molecule has 8 heteroatoms. The Hall–Kier alpha value is -1.77. The van der Waals surface area contributed by atoms with Gasteiger partial charge in [0.25, 0.3) is 0 Å². The van der Waals surface area contributed by atoms with Crippen molar-refractivity contribution in [1.82, 2.24) is 14.5 Å². The molecule has 166 valence electrons. The minimum Gasteiger partial charge on any atom is -0.354 e. The smallest absolute Gasteiger partial charge is 0.243 e. The van der Waals surface area contributed by atoms with Crippen molar-refractivity contribution in [1.29, 1.82) is 0 Å². The Morgan fingerprint density at radius 3 is 2.20 bits per heavy atom. The molecule has 0 aliphatic carbocycles. The highest BCUT2D eigenvalue weighted by Gasteiger charge is 2.32. The first kappa shape index (κ1) is 22.9. The molecule has 0 spiro atoms. The summed E-state index contributed by atoms with van der Waals surface area (Å²) in [5, 5.41) is 3.10. The normalized spacial score (nSPS) is 20.2. The highest BCUT2D eigenvalue weighted by Crippen LogP contribution is 2.24. The number of sulfonamides is 1. The van der Waals surface area contributed by atoms with Crippen LogP contribution in [0.15, 0.2) is 29.2 Å². The van der Waals surface area contributed by atoms with Crippen molar-refractivity contribution in [2.45, 2.75) is 56.9 Å². The van der Waals surface area contributed by atoms with Crippen LogP contribution in [0.5, 0.6) is 0 Å². The van der Waals surface area contributed by atoms with Gasteiger partial charge in [0.05, 0.1) is 4.90 Å². The molecule has 1 amide bonds. The van der Waals surface area contributed by atoms with E-state index in [2.05, 4.69) is 17.1 Å². The second-order valence-corrected chi connectivity index (χ2v) is 10.2. The van der Waals surface area contributed by atoms with Gasteiger partial charge < -0.3 is 5.32 Å². The largest absolute Gasteiger partial charge is 0.354 e. The molecule has 1 N–H and O–H groups in total. The third-order valence-electron chi connectivity index (χ3n) is 6.36. The van der Waals surface area contributed by atoms with Gasteiger partial charge in [-0.1, -0.05) is 19.1 Å². The topological polar surface area (TPSA) is 86.8 Å². The van der Waals surface area contributed by atoms with Crippen LogP contribution < -0.4 is 5.32 Å². The monoisotopic (exact) mass is 435 g/mol. The molecule has 1 aromatic carbocycles. The van der Waals surface area contributed by atoms with E-state index in [-0.39, 0.29) is 22.5 Å². The summed E-state index contributed by atoms with van der Waals surface area (Å²) in [7, 11) is -3.61. The fraction of sp³-hybridized carbons (Fsp3) is 0.636. The minimum absolute atomic E-state index is 0.0375. The molecule has 0 radical (unpaired) electrons. The zero-order valence-corrected chi connectivity index (χ0v) is 18.8. The third kappa shape index (κ3) is 5.28. The van der Waals surface area contributed by atoms with Crippen LogP contribution in [0, 0.1) is 5.92 Å². The van der Waals surface area contributed by atoms with Crippen LogP contribution in [0.3, 0.4) is 0 Å². The number of Topliss-reactive ketones (excluding diaryl/α,β-unsaturated/α-hetero) is 1. The Balaban J connectivity index is 1.52. The SMILES string of the molecule is CCC(CNC(=O)C1CCN(S(=O)(=O)c2ccc(C(C)=O)cc2)CC1)N1CCCC1. The maximum absolute atomic E-state index is 12.9. The molecule has 2 saturated heterocycles. The molecule has 2 heterocycles. The molecule has 2 aliphatic rings. The van der Waals surface area contributed by atoms with E-state index in [1.807, 2.05) is 0 Å². The molecule has 1 unspecified atom stereocenters. The van der Waals surface area contributed by atoms with E-state index in [0.29, 0.717) is 44.1 Å². The van der Waals surface area contributed by atoms with Crippen LogP contribution in [-0.2, 0) is 14.8 Å². The number of likely N-dealkylation sites (tertiary alicyclic amines) is 1. The maximum Gasteiger partial charge on any atom is 0.243 e. The molecular weight excluding hydrogens is 402 g/mol. The summed E-state index contributed by atoms with van der Waals surface area (Å²) in [6.07, 6.45) is 4.53. The summed E-state index contributed by atoms with van der Waals surface area (Å²) in [5.41, 5.74) is 0.489. The summed E-state index contributed by atoms with van der Waals surface area (Å²) in [4.78, 5) is 26.7. The van der Waals surface area contributed by atoms with E-state index < -0.39 is 10.0 Å². The lowest BCUT2D eigenvalue weighted by Crippen LogP contribution is -2.46. The van der Waals surface area contributed by atoms with E-state index >= 15 is 0 Å². The number of amides is 1. The number of carbonyl (C=O) groups is 2. The number of piperidine rings is 1. The van der Waals surface area contributed by atoms with E-state index in [4.69, 9.17) is 0 Å². The van der Waals surface area contributed by atoms with E-state index in [9.17, 15) is 18.0 Å². The number of rotatable bonds is 8. The minimum atomic E-state index is -3.61. The Labute approximate surface area is 179 Å². The average molecular weight is 436 g/mol. The Morgan fingerprint density at radius 2 is 1.67 bits per heavy atom. The van der Waals surface area contributed by atoms with Gasteiger partial charge in [0.1, 0.15) is 0 Å². The van der Waals surface area contributed by atoms with Crippen molar-refractivity contribution in [3.63, 3.8) is 0 Å². The van der Waals surface area contributed by atoms with Gasteiger partial charge in [0.15, 0.2) is 5.78 Å². The number of nitrogens with one attached hydrogen (secondary N) is 1. The van der Waals surface area contributed by atoms with Gasteiger partial charge in [-0.05, 0) is 64.3 Å². The number of hydrogen-bond donors (Lipinski definition) is 1. The van der Waals surface area contributed by atoms with Gasteiger partial charge in [0.2, 0.25) is 15.9 Å². The summed E-state index contributed by atoms with van der Waals surface area (Å²) in [5.74, 6) is -0.205. The highest BCUT2D eigenvalue weighted by atomic mass is 32.2. The van der Waals surface area contributed by atoms with Crippen LogP contribution in [0.2, 0.25) is 0 Å². The quantitative estimate of drug-likeness (QED) is 0.633. The summed E-state index contributed by atoms with van der Waals surface area (Å²) in [6, 6.07) is 6.43. The van der Waals surface area contributed by atoms with E-state index in [1.54, 1.807) is 12.1 Å². The standard InChI is InChI=1S/C22H33N3O4S/c1-3-20(24-12-4-5-13-24)16-23-22(27)19-10-14-25(15-11-19)30(28,29)21-8-6-18(7-9-21)17(2)26/h6-9,19-20H,3-5,10-16H2,1-2H3,(H,23,27). The van der Waals surface area contributed by atoms with E-state index in [0.717, 1.165) is 19.5 Å². The molecule has 3 rings (SSSR count). The summed E-state index contributed by atoms with van der Waals surface area (Å²) >= 11 is 0. The highest BCUT2D eigenvalue weighted by molar-refractivity contribution is 7.89. The van der Waals surface area contributed by atoms with Gasteiger partial charge in [-0.15, -0.1) is 0 Å². The van der Waals surface area contributed by atoms with Gasteiger partial charge in [-0.25, -0.2) is 8.42 Å². The molecular formula is C22H33N3O4S. The Morgan fingerprint density at radius 1 is 1.07 bits per heavy atom. The van der Waals surface area contributed by atoms with Crippen LogP contribution in [0.1, 0.15) is 56.3 Å². The zero-order valence-electron chi connectivity index (χ0n) is 18.0. The lowest BCUT2D eigenvalue weighted by molar-refractivity contribution is -0.126. The van der Waals surface area contributed by atoms with Crippen molar-refractivity contribution in [2.75, 3.05) is 32.7 Å². The second-order valence-electron chi connectivity index (χ2n) is 8.31. The van der Waals surface area contributed by atoms with Gasteiger partial charge >= 0.3 is 0 Å². The predicted octanol–water partition coefficient (Wildman–Crippen LogP) is 2.28. The first-order valence-corrected chi connectivity index (χ1v) is 12.4. The van der Waals surface area contributed by atoms with Gasteiger partial charge in [0, 0.05) is 37.2 Å². The van der Waals surface area contributed by atoms with Crippen LogP contribution in [-0.4, -0.2) is 68.1 Å². The third-order valence-corrected chi connectivity index (χ3v) is 8.28. The fourth-order valence-electron chi connectivity index (χ4n) is 4.37. The predicted molar refractivity (Wildman–Crippen MR) is 116 cm³/mol. The number of benzene rings is 1. The molecule has 1 aromatic rings.